The van der Waals surface area contributed by atoms with Crippen LogP contribution in [0.15, 0.2) is 0 Å². The van der Waals surface area contributed by atoms with E-state index in [-0.39, 0.29) is 24.5 Å². The Balaban J connectivity index is 2.53. The summed E-state index contributed by atoms with van der Waals surface area (Å²) in [5.41, 5.74) is -0.692. The molecule has 1 rings (SSSR count). The standard InChI is InChI=1S/C11H21NO3/c1-8(2)9(7-13)12-10(14)11(3)5-4-6-15-11/h8-9,13H,4-7H2,1-3H3,(H,12,14)/t9-,11?/m1/s1. The molecule has 88 valence electrons. The van der Waals surface area contributed by atoms with Crippen molar-refractivity contribution in [2.24, 2.45) is 5.92 Å². The second kappa shape index (κ2) is 4.94. The molecule has 1 fully saturated rings. The third-order valence-corrected chi connectivity index (χ3v) is 3.02. The summed E-state index contributed by atoms with van der Waals surface area (Å²) in [6, 6.07) is -0.182. The number of rotatable bonds is 4. The van der Waals surface area contributed by atoms with E-state index >= 15 is 0 Å². The number of carbonyl (C=O) groups excluding carboxylic acids is 1. The number of nitrogens with one attached hydrogen (secondary N) is 1. The topological polar surface area (TPSA) is 58.6 Å². The molecule has 0 radical (unpaired) electrons. The van der Waals surface area contributed by atoms with E-state index in [2.05, 4.69) is 5.32 Å². The van der Waals surface area contributed by atoms with Crippen LogP contribution in [0.25, 0.3) is 0 Å². The number of hydrogen-bond acceptors (Lipinski definition) is 3. The monoisotopic (exact) mass is 215 g/mol. The molecule has 2 N–H and O–H groups in total. The summed E-state index contributed by atoms with van der Waals surface area (Å²) in [4.78, 5) is 11.9. The Morgan fingerprint density at radius 2 is 2.27 bits per heavy atom. The molecule has 0 aromatic heterocycles. The van der Waals surface area contributed by atoms with Crippen molar-refractivity contribution in [3.8, 4) is 0 Å². The van der Waals surface area contributed by atoms with Crippen LogP contribution in [0.5, 0.6) is 0 Å². The van der Waals surface area contributed by atoms with Crippen LogP contribution in [0.3, 0.4) is 0 Å². The lowest BCUT2D eigenvalue weighted by Crippen LogP contribution is -2.50. The molecule has 4 heteroatoms. The number of aliphatic hydroxyl groups excluding tert-OH is 1. The van der Waals surface area contributed by atoms with Crippen molar-refractivity contribution < 1.29 is 14.6 Å². The van der Waals surface area contributed by atoms with Gasteiger partial charge in [-0.05, 0) is 25.7 Å². The first-order valence-electron chi connectivity index (χ1n) is 5.55. The van der Waals surface area contributed by atoms with Gasteiger partial charge in [0, 0.05) is 6.61 Å². The number of aliphatic hydroxyl groups is 1. The molecule has 0 aromatic carbocycles. The quantitative estimate of drug-likeness (QED) is 0.725. The molecule has 1 amide bonds. The van der Waals surface area contributed by atoms with Gasteiger partial charge in [-0.1, -0.05) is 13.8 Å². The second-order valence-electron chi connectivity index (χ2n) is 4.69. The number of hydrogen-bond donors (Lipinski definition) is 2. The van der Waals surface area contributed by atoms with Crippen molar-refractivity contribution in [2.45, 2.75) is 45.3 Å². The molecule has 15 heavy (non-hydrogen) atoms. The normalized spacial score (nSPS) is 28.1. The highest BCUT2D eigenvalue weighted by atomic mass is 16.5. The Morgan fingerprint density at radius 1 is 1.60 bits per heavy atom. The fourth-order valence-corrected chi connectivity index (χ4v) is 1.70. The highest BCUT2D eigenvalue weighted by molar-refractivity contribution is 5.85. The summed E-state index contributed by atoms with van der Waals surface area (Å²) in [5, 5.41) is 12.0. The predicted molar refractivity (Wildman–Crippen MR) is 57.4 cm³/mol. The van der Waals surface area contributed by atoms with E-state index in [0.29, 0.717) is 6.61 Å². The maximum atomic E-state index is 11.9. The first-order chi connectivity index (χ1) is 6.99. The highest BCUT2D eigenvalue weighted by Crippen LogP contribution is 2.25. The Morgan fingerprint density at radius 3 is 2.67 bits per heavy atom. The zero-order valence-electron chi connectivity index (χ0n) is 9.75. The van der Waals surface area contributed by atoms with Gasteiger partial charge in [-0.15, -0.1) is 0 Å². The van der Waals surface area contributed by atoms with Crippen molar-refractivity contribution in [1.82, 2.24) is 5.32 Å². The van der Waals surface area contributed by atoms with Crippen molar-refractivity contribution in [2.75, 3.05) is 13.2 Å². The molecule has 1 saturated heterocycles. The molecule has 0 aromatic rings. The van der Waals surface area contributed by atoms with Crippen LogP contribution in [0, 0.1) is 5.92 Å². The average Bonchev–Trinajstić information content (AvgIpc) is 2.61. The molecule has 0 saturated carbocycles. The van der Waals surface area contributed by atoms with Crippen molar-refractivity contribution in [3.63, 3.8) is 0 Å². The van der Waals surface area contributed by atoms with Crippen molar-refractivity contribution >= 4 is 5.91 Å². The van der Waals surface area contributed by atoms with E-state index in [1.165, 1.54) is 0 Å². The number of ether oxygens (including phenoxy) is 1. The average molecular weight is 215 g/mol. The third-order valence-electron chi connectivity index (χ3n) is 3.02. The first-order valence-corrected chi connectivity index (χ1v) is 5.55. The van der Waals surface area contributed by atoms with Crippen LogP contribution >= 0.6 is 0 Å². The van der Waals surface area contributed by atoms with Gasteiger partial charge in [0.25, 0.3) is 5.91 Å². The summed E-state index contributed by atoms with van der Waals surface area (Å²) in [6.07, 6.45) is 1.68. The van der Waals surface area contributed by atoms with Crippen LogP contribution in [0.1, 0.15) is 33.6 Å². The van der Waals surface area contributed by atoms with E-state index in [4.69, 9.17) is 9.84 Å². The SMILES string of the molecule is CC(C)[C@@H](CO)NC(=O)C1(C)CCCO1. The predicted octanol–water partition coefficient (Wildman–Crippen LogP) is 0.689. The number of carbonyl (C=O) groups is 1. The minimum absolute atomic E-state index is 0.0283. The second-order valence-corrected chi connectivity index (χ2v) is 4.69. The summed E-state index contributed by atoms with van der Waals surface area (Å²) in [7, 11) is 0. The Kier molecular flexibility index (Phi) is 4.11. The molecule has 2 atom stereocenters. The fourth-order valence-electron chi connectivity index (χ4n) is 1.70. The smallest absolute Gasteiger partial charge is 0.252 e. The van der Waals surface area contributed by atoms with Crippen molar-refractivity contribution in [3.05, 3.63) is 0 Å². The van der Waals surface area contributed by atoms with Crippen LogP contribution < -0.4 is 5.32 Å². The van der Waals surface area contributed by atoms with Gasteiger partial charge in [-0.3, -0.25) is 4.79 Å². The molecule has 1 aliphatic heterocycles. The van der Waals surface area contributed by atoms with E-state index in [1.807, 2.05) is 20.8 Å². The lowest BCUT2D eigenvalue weighted by Gasteiger charge is -2.27. The molecule has 0 spiro atoms. The number of amides is 1. The van der Waals surface area contributed by atoms with Crippen LogP contribution in [-0.2, 0) is 9.53 Å². The van der Waals surface area contributed by atoms with E-state index < -0.39 is 5.60 Å². The van der Waals surface area contributed by atoms with E-state index in [1.54, 1.807) is 0 Å². The highest BCUT2D eigenvalue weighted by Gasteiger charge is 2.38. The van der Waals surface area contributed by atoms with E-state index in [9.17, 15) is 4.79 Å². The largest absolute Gasteiger partial charge is 0.394 e. The Hall–Kier alpha value is -0.610. The molecular weight excluding hydrogens is 194 g/mol. The van der Waals surface area contributed by atoms with Gasteiger partial charge in [0.1, 0.15) is 5.60 Å². The minimum atomic E-state index is -0.692. The zero-order valence-corrected chi connectivity index (χ0v) is 9.75. The maximum absolute atomic E-state index is 11.9. The Labute approximate surface area is 91.0 Å². The summed E-state index contributed by atoms with van der Waals surface area (Å²) >= 11 is 0. The van der Waals surface area contributed by atoms with Crippen LogP contribution in [0.2, 0.25) is 0 Å². The van der Waals surface area contributed by atoms with Gasteiger partial charge >= 0.3 is 0 Å². The molecule has 1 unspecified atom stereocenters. The Bertz CT molecular complexity index is 222. The maximum Gasteiger partial charge on any atom is 0.252 e. The van der Waals surface area contributed by atoms with Gasteiger partial charge < -0.3 is 15.2 Å². The fraction of sp³-hybridized carbons (Fsp3) is 0.909. The lowest BCUT2D eigenvalue weighted by atomic mass is 9.99. The van der Waals surface area contributed by atoms with Gasteiger partial charge in [-0.25, -0.2) is 0 Å². The summed E-state index contributed by atoms with van der Waals surface area (Å²) < 4.78 is 5.43. The molecule has 1 heterocycles. The molecular formula is C11H21NO3. The van der Waals surface area contributed by atoms with Gasteiger partial charge in [0.2, 0.25) is 0 Å². The third kappa shape index (κ3) is 2.92. The lowest BCUT2D eigenvalue weighted by molar-refractivity contribution is -0.141. The molecule has 0 bridgehead atoms. The molecule has 1 aliphatic rings. The summed E-state index contributed by atoms with van der Waals surface area (Å²) in [6.45, 7) is 6.37. The van der Waals surface area contributed by atoms with Crippen molar-refractivity contribution in [1.29, 1.82) is 0 Å². The van der Waals surface area contributed by atoms with E-state index in [0.717, 1.165) is 12.8 Å². The minimum Gasteiger partial charge on any atom is -0.394 e. The molecule has 4 nitrogen and oxygen atoms in total. The van der Waals surface area contributed by atoms with Crippen LogP contribution in [0.4, 0.5) is 0 Å². The van der Waals surface area contributed by atoms with Gasteiger partial charge in [0.15, 0.2) is 0 Å². The first kappa shape index (κ1) is 12.5. The summed E-state index contributed by atoms with van der Waals surface area (Å²) in [5.74, 6) is 0.122. The van der Waals surface area contributed by atoms with Crippen LogP contribution in [-0.4, -0.2) is 35.9 Å². The zero-order chi connectivity index (χ0) is 11.5. The van der Waals surface area contributed by atoms with Gasteiger partial charge in [0.05, 0.1) is 12.6 Å². The van der Waals surface area contributed by atoms with Gasteiger partial charge in [-0.2, -0.15) is 0 Å². The molecule has 0 aliphatic carbocycles.